The number of fused-ring (bicyclic) bond motifs is 1. The highest BCUT2D eigenvalue weighted by atomic mass is 16.5. The number of rotatable bonds is 6. The summed E-state index contributed by atoms with van der Waals surface area (Å²) in [5, 5.41) is 4.45. The smallest absolute Gasteiger partial charge is 0.288 e. The van der Waals surface area contributed by atoms with Crippen molar-refractivity contribution >= 4 is 5.91 Å². The maximum atomic E-state index is 12.3. The summed E-state index contributed by atoms with van der Waals surface area (Å²) in [4.78, 5) is 14.1. The third-order valence-electron chi connectivity index (χ3n) is 4.02. The molecule has 1 aliphatic rings. The second kappa shape index (κ2) is 7.85. The zero-order valence-electron chi connectivity index (χ0n) is 14.3. The molecule has 1 aromatic rings. The number of ether oxygens (including phenoxy) is 2. The van der Waals surface area contributed by atoms with Gasteiger partial charge in [-0.15, -0.1) is 5.10 Å². The number of allylic oxidation sites excluding steroid dienone is 2. The summed E-state index contributed by atoms with van der Waals surface area (Å²) in [5.41, 5.74) is 2.22. The molecule has 0 unspecified atom stereocenters. The van der Waals surface area contributed by atoms with E-state index < -0.39 is 0 Å². The normalized spacial score (nSPS) is 15.4. The lowest BCUT2D eigenvalue weighted by atomic mass is 10.2. The molecule has 6 heteroatoms. The summed E-state index contributed by atoms with van der Waals surface area (Å²) in [5.74, 6) is 0.891. The van der Waals surface area contributed by atoms with Gasteiger partial charge in [-0.3, -0.25) is 9.48 Å². The minimum absolute atomic E-state index is 0.0906. The third kappa shape index (κ3) is 3.94. The first kappa shape index (κ1) is 17.1. The maximum absolute atomic E-state index is 12.3. The largest absolute Gasteiger partial charge is 0.491 e. The minimum atomic E-state index is -0.0906. The average molecular weight is 319 g/mol. The quantitative estimate of drug-likeness (QED) is 0.459. The number of aromatic nitrogens is 2. The van der Waals surface area contributed by atoms with Crippen LogP contribution in [-0.4, -0.2) is 40.8 Å². The Hall–Kier alpha value is -2.24. The molecule has 6 nitrogen and oxygen atoms in total. The fourth-order valence-corrected chi connectivity index (χ4v) is 2.52. The Labute approximate surface area is 137 Å². The molecule has 0 aromatic carbocycles. The molecule has 0 N–H and O–H groups in total. The van der Waals surface area contributed by atoms with E-state index in [9.17, 15) is 4.79 Å². The zero-order chi connectivity index (χ0) is 16.8. The van der Waals surface area contributed by atoms with Crippen molar-refractivity contribution in [3.8, 4) is 5.88 Å². The van der Waals surface area contributed by atoms with Crippen LogP contribution in [0.2, 0.25) is 0 Å². The lowest BCUT2D eigenvalue weighted by molar-refractivity contribution is -0.131. The summed E-state index contributed by atoms with van der Waals surface area (Å²) in [6, 6.07) is 1.91. The van der Waals surface area contributed by atoms with Crippen LogP contribution < -0.4 is 4.74 Å². The first-order chi connectivity index (χ1) is 11.1. The molecular formula is C17H25N3O3. The van der Waals surface area contributed by atoms with Crippen molar-refractivity contribution in [2.75, 3.05) is 20.3 Å². The van der Waals surface area contributed by atoms with Crippen LogP contribution in [0, 0.1) is 0 Å². The highest BCUT2D eigenvalue weighted by molar-refractivity contribution is 5.91. The minimum Gasteiger partial charge on any atom is -0.491 e. The molecule has 126 valence electrons. The molecule has 0 aliphatic carbocycles. The van der Waals surface area contributed by atoms with E-state index in [1.165, 1.54) is 12.7 Å². The lowest BCUT2D eigenvalue weighted by Gasteiger charge is -2.27. The standard InChI is InChI=1S/C17H25N3O3/c1-5-13(6-2)12-23-16-10-14-11-19(8-9-20(14)18-16)17(21)15(7-3)22-4/h5,7,10H,6,8-9,11-12H2,1-4H3. The number of carbonyl (C=O) groups excluding carboxylic acids is 1. The molecule has 0 atom stereocenters. The molecule has 0 bridgehead atoms. The van der Waals surface area contributed by atoms with Crippen molar-refractivity contribution in [3.63, 3.8) is 0 Å². The molecule has 23 heavy (non-hydrogen) atoms. The summed E-state index contributed by atoms with van der Waals surface area (Å²) in [6.07, 6.45) is 4.72. The molecule has 0 fully saturated rings. The molecule has 2 heterocycles. The molecule has 2 rings (SSSR count). The van der Waals surface area contributed by atoms with E-state index >= 15 is 0 Å². The SMILES string of the molecule is CC=C(CC)COc1cc2n(n1)CCN(C(=O)C(=CC)OC)C2. The van der Waals surface area contributed by atoms with E-state index in [2.05, 4.69) is 18.1 Å². The number of nitrogens with zero attached hydrogens (tertiary/aromatic N) is 3. The van der Waals surface area contributed by atoms with Crippen molar-refractivity contribution in [1.82, 2.24) is 14.7 Å². The van der Waals surface area contributed by atoms with Gasteiger partial charge in [0, 0.05) is 12.6 Å². The van der Waals surface area contributed by atoms with Gasteiger partial charge in [0.05, 0.1) is 25.9 Å². The molecular weight excluding hydrogens is 294 g/mol. The second-order valence-corrected chi connectivity index (χ2v) is 5.37. The van der Waals surface area contributed by atoms with Crippen LogP contribution in [0.4, 0.5) is 0 Å². The van der Waals surface area contributed by atoms with Gasteiger partial charge in [-0.1, -0.05) is 13.0 Å². The predicted octanol–water partition coefficient (Wildman–Crippen LogP) is 2.51. The van der Waals surface area contributed by atoms with Crippen molar-refractivity contribution < 1.29 is 14.3 Å². The highest BCUT2D eigenvalue weighted by Crippen LogP contribution is 2.20. The van der Waals surface area contributed by atoms with Crippen LogP contribution in [0.1, 0.15) is 32.9 Å². The number of hydrogen-bond acceptors (Lipinski definition) is 4. The second-order valence-electron chi connectivity index (χ2n) is 5.37. The Morgan fingerprint density at radius 3 is 2.74 bits per heavy atom. The van der Waals surface area contributed by atoms with Gasteiger partial charge in [0.15, 0.2) is 5.76 Å². The number of methoxy groups -OCH3 is 1. The fourth-order valence-electron chi connectivity index (χ4n) is 2.52. The van der Waals surface area contributed by atoms with Gasteiger partial charge in [0.25, 0.3) is 5.91 Å². The first-order valence-corrected chi connectivity index (χ1v) is 7.96. The van der Waals surface area contributed by atoms with Gasteiger partial charge in [0.1, 0.15) is 6.61 Å². The lowest BCUT2D eigenvalue weighted by Crippen LogP contribution is -2.39. The first-order valence-electron chi connectivity index (χ1n) is 7.96. The summed E-state index contributed by atoms with van der Waals surface area (Å²) in [7, 11) is 1.51. The molecule has 0 spiro atoms. The summed E-state index contributed by atoms with van der Waals surface area (Å²) >= 11 is 0. The van der Waals surface area contributed by atoms with Crippen LogP contribution in [0.3, 0.4) is 0 Å². The van der Waals surface area contributed by atoms with Gasteiger partial charge < -0.3 is 14.4 Å². The van der Waals surface area contributed by atoms with Gasteiger partial charge in [-0.05, 0) is 31.9 Å². The van der Waals surface area contributed by atoms with E-state index in [1.54, 1.807) is 17.9 Å². The van der Waals surface area contributed by atoms with Gasteiger partial charge >= 0.3 is 0 Å². The molecule has 0 radical (unpaired) electrons. The van der Waals surface area contributed by atoms with Crippen LogP contribution in [0.5, 0.6) is 5.88 Å². The van der Waals surface area contributed by atoms with Crippen LogP contribution in [0.15, 0.2) is 29.6 Å². The van der Waals surface area contributed by atoms with Crippen LogP contribution >= 0.6 is 0 Å². The molecule has 1 aliphatic heterocycles. The fraction of sp³-hybridized carbons (Fsp3) is 0.529. The monoisotopic (exact) mass is 319 g/mol. The number of amides is 1. The Bertz CT molecular complexity index is 617. The van der Waals surface area contributed by atoms with Gasteiger partial charge in [0.2, 0.25) is 5.88 Å². The van der Waals surface area contributed by atoms with Crippen molar-refractivity contribution in [3.05, 3.63) is 35.2 Å². The van der Waals surface area contributed by atoms with Gasteiger partial charge in [-0.25, -0.2) is 0 Å². The van der Waals surface area contributed by atoms with Crippen molar-refractivity contribution in [1.29, 1.82) is 0 Å². The Morgan fingerprint density at radius 1 is 1.35 bits per heavy atom. The van der Waals surface area contributed by atoms with Crippen molar-refractivity contribution in [2.24, 2.45) is 0 Å². The summed E-state index contributed by atoms with van der Waals surface area (Å²) in [6.45, 7) is 8.26. The van der Waals surface area contributed by atoms with E-state index in [0.717, 1.165) is 12.1 Å². The third-order valence-corrected chi connectivity index (χ3v) is 4.02. The molecule has 0 saturated heterocycles. The van der Waals surface area contributed by atoms with Crippen molar-refractivity contribution in [2.45, 2.75) is 40.3 Å². The molecule has 0 saturated carbocycles. The van der Waals surface area contributed by atoms with Gasteiger partial charge in [-0.2, -0.15) is 0 Å². The topological polar surface area (TPSA) is 56.6 Å². The highest BCUT2D eigenvalue weighted by Gasteiger charge is 2.25. The van der Waals surface area contributed by atoms with E-state index in [-0.39, 0.29) is 5.91 Å². The van der Waals surface area contributed by atoms with E-state index in [1.807, 2.05) is 17.7 Å². The molecule has 1 amide bonds. The number of carbonyl (C=O) groups is 1. The van der Waals surface area contributed by atoms with E-state index in [4.69, 9.17) is 9.47 Å². The van der Waals surface area contributed by atoms with E-state index in [0.29, 0.717) is 37.9 Å². The molecule has 1 aromatic heterocycles. The Morgan fingerprint density at radius 2 is 2.13 bits per heavy atom. The number of hydrogen-bond donors (Lipinski definition) is 0. The summed E-state index contributed by atoms with van der Waals surface area (Å²) < 4.78 is 12.8. The zero-order valence-corrected chi connectivity index (χ0v) is 14.3. The maximum Gasteiger partial charge on any atom is 0.288 e. The predicted molar refractivity (Wildman–Crippen MR) is 88.0 cm³/mol. The Kier molecular flexibility index (Phi) is 5.84. The van der Waals surface area contributed by atoms with Crippen LogP contribution in [-0.2, 0) is 22.6 Å². The average Bonchev–Trinajstić information content (AvgIpc) is 2.98. The van der Waals surface area contributed by atoms with Crippen LogP contribution in [0.25, 0.3) is 0 Å². The Balaban J connectivity index is 2.03.